The van der Waals surface area contributed by atoms with Crippen LogP contribution in [0.1, 0.15) is 6.42 Å². The summed E-state index contributed by atoms with van der Waals surface area (Å²) in [4.78, 5) is 30.8. The van der Waals surface area contributed by atoms with E-state index in [1.165, 1.54) is 4.90 Å². The third kappa shape index (κ3) is 4.18. The first-order valence-corrected chi connectivity index (χ1v) is 8.73. The second-order valence-corrected chi connectivity index (χ2v) is 6.62. The number of nitrogens with zero attached hydrogens (tertiary/aromatic N) is 3. The highest BCUT2D eigenvalue weighted by Gasteiger charge is 2.39. The zero-order valence-electron chi connectivity index (χ0n) is 14.9. The minimum Gasteiger partial charge on any atom is -0.497 e. The molecule has 0 bridgehead atoms. The Balaban J connectivity index is 1.52. The van der Waals surface area contributed by atoms with E-state index in [0.717, 1.165) is 32.7 Å². The standard InChI is InChI=1S/C18H26N4O3/c1-20-9-11-21(12-10-20)8-7-19-16-13-17(23)22(18(16)24)14-3-5-15(25-2)6-4-14/h3-6,16,19H,7-13H2,1-2H3. The van der Waals surface area contributed by atoms with Gasteiger partial charge in [-0.2, -0.15) is 0 Å². The summed E-state index contributed by atoms with van der Waals surface area (Å²) in [5.41, 5.74) is 0.596. The zero-order valence-corrected chi connectivity index (χ0v) is 14.9. The minimum absolute atomic E-state index is 0.160. The van der Waals surface area contributed by atoms with E-state index in [1.807, 2.05) is 0 Å². The summed E-state index contributed by atoms with van der Waals surface area (Å²) in [7, 11) is 3.72. The van der Waals surface area contributed by atoms with Gasteiger partial charge in [-0.25, -0.2) is 4.90 Å². The molecule has 2 aliphatic rings. The summed E-state index contributed by atoms with van der Waals surface area (Å²) in [6, 6.07) is 6.55. The molecule has 2 amide bonds. The topological polar surface area (TPSA) is 65.1 Å². The smallest absolute Gasteiger partial charge is 0.251 e. The summed E-state index contributed by atoms with van der Waals surface area (Å²) < 4.78 is 5.12. The van der Waals surface area contributed by atoms with Crippen molar-refractivity contribution in [1.29, 1.82) is 0 Å². The van der Waals surface area contributed by atoms with Gasteiger partial charge in [-0.3, -0.25) is 14.5 Å². The highest BCUT2D eigenvalue weighted by Crippen LogP contribution is 2.25. The predicted molar refractivity (Wildman–Crippen MR) is 95.8 cm³/mol. The lowest BCUT2D eigenvalue weighted by Crippen LogP contribution is -2.48. The van der Waals surface area contributed by atoms with Crippen molar-refractivity contribution in [2.75, 3.05) is 58.3 Å². The maximum atomic E-state index is 12.6. The molecule has 2 heterocycles. The molecule has 2 fully saturated rings. The van der Waals surface area contributed by atoms with Gasteiger partial charge in [0.2, 0.25) is 5.91 Å². The SMILES string of the molecule is COc1ccc(N2C(=O)CC(NCCN3CCN(C)CC3)C2=O)cc1. The first-order valence-electron chi connectivity index (χ1n) is 8.73. The maximum Gasteiger partial charge on any atom is 0.251 e. The van der Waals surface area contributed by atoms with Crippen LogP contribution in [-0.4, -0.2) is 81.1 Å². The van der Waals surface area contributed by atoms with E-state index >= 15 is 0 Å². The van der Waals surface area contributed by atoms with Crippen LogP contribution in [0.15, 0.2) is 24.3 Å². The number of amides is 2. The third-order valence-electron chi connectivity index (χ3n) is 4.89. The van der Waals surface area contributed by atoms with E-state index in [-0.39, 0.29) is 18.2 Å². The number of piperazine rings is 1. The van der Waals surface area contributed by atoms with Crippen molar-refractivity contribution in [1.82, 2.24) is 15.1 Å². The fourth-order valence-electron chi connectivity index (χ4n) is 3.26. The van der Waals surface area contributed by atoms with Gasteiger partial charge in [0.05, 0.1) is 25.3 Å². The van der Waals surface area contributed by atoms with E-state index in [9.17, 15) is 9.59 Å². The number of ether oxygens (including phenoxy) is 1. The van der Waals surface area contributed by atoms with Crippen molar-refractivity contribution in [3.63, 3.8) is 0 Å². The van der Waals surface area contributed by atoms with Crippen molar-refractivity contribution in [3.05, 3.63) is 24.3 Å². The van der Waals surface area contributed by atoms with Gasteiger partial charge in [0.15, 0.2) is 0 Å². The molecule has 7 heteroatoms. The molecule has 1 aromatic carbocycles. The fourth-order valence-corrected chi connectivity index (χ4v) is 3.26. The Bertz CT molecular complexity index is 611. The Morgan fingerprint density at radius 2 is 1.80 bits per heavy atom. The number of benzene rings is 1. The average molecular weight is 346 g/mol. The van der Waals surface area contributed by atoms with Crippen LogP contribution < -0.4 is 15.0 Å². The minimum atomic E-state index is -0.429. The van der Waals surface area contributed by atoms with Crippen molar-refractivity contribution in [3.8, 4) is 5.75 Å². The summed E-state index contributed by atoms with van der Waals surface area (Å²) in [5.74, 6) is 0.366. The number of carbonyl (C=O) groups is 2. The van der Waals surface area contributed by atoms with Gasteiger partial charge in [0.1, 0.15) is 5.75 Å². The Morgan fingerprint density at radius 3 is 2.44 bits per heavy atom. The van der Waals surface area contributed by atoms with Crippen LogP contribution in [-0.2, 0) is 9.59 Å². The van der Waals surface area contributed by atoms with Crippen molar-refractivity contribution >= 4 is 17.5 Å². The number of methoxy groups -OCH3 is 1. The maximum absolute atomic E-state index is 12.6. The number of hydrogen-bond donors (Lipinski definition) is 1. The lowest BCUT2D eigenvalue weighted by atomic mass is 10.2. The molecule has 1 aromatic rings. The summed E-state index contributed by atoms with van der Waals surface area (Å²) in [6.07, 6.45) is 0.216. The van der Waals surface area contributed by atoms with Crippen molar-refractivity contribution < 1.29 is 14.3 Å². The van der Waals surface area contributed by atoms with Crippen LogP contribution in [0.2, 0.25) is 0 Å². The first kappa shape index (κ1) is 17.8. The molecule has 3 rings (SSSR count). The number of anilines is 1. The van der Waals surface area contributed by atoms with E-state index in [4.69, 9.17) is 4.74 Å². The molecule has 0 spiro atoms. The lowest BCUT2D eigenvalue weighted by Gasteiger charge is -2.32. The van der Waals surface area contributed by atoms with Gasteiger partial charge in [0, 0.05) is 39.3 Å². The van der Waals surface area contributed by atoms with E-state index < -0.39 is 6.04 Å². The quantitative estimate of drug-likeness (QED) is 0.741. The lowest BCUT2D eigenvalue weighted by molar-refractivity contribution is -0.121. The molecule has 25 heavy (non-hydrogen) atoms. The van der Waals surface area contributed by atoms with E-state index in [1.54, 1.807) is 31.4 Å². The highest BCUT2D eigenvalue weighted by molar-refractivity contribution is 6.22. The first-order chi connectivity index (χ1) is 12.1. The van der Waals surface area contributed by atoms with Gasteiger partial charge in [0.25, 0.3) is 5.91 Å². The Morgan fingerprint density at radius 1 is 1.12 bits per heavy atom. The molecule has 1 atom stereocenters. The monoisotopic (exact) mass is 346 g/mol. The van der Waals surface area contributed by atoms with Gasteiger partial charge in [-0.05, 0) is 31.3 Å². The second-order valence-electron chi connectivity index (χ2n) is 6.62. The summed E-state index contributed by atoms with van der Waals surface area (Å²) >= 11 is 0. The average Bonchev–Trinajstić information content (AvgIpc) is 2.90. The van der Waals surface area contributed by atoms with Crippen molar-refractivity contribution in [2.24, 2.45) is 0 Å². The largest absolute Gasteiger partial charge is 0.497 e. The third-order valence-corrected chi connectivity index (χ3v) is 4.89. The number of nitrogens with one attached hydrogen (secondary N) is 1. The summed E-state index contributed by atoms with van der Waals surface area (Å²) in [5, 5.41) is 3.25. The van der Waals surface area contributed by atoms with E-state index in [2.05, 4.69) is 22.2 Å². The normalized spacial score (nSPS) is 22.6. The van der Waals surface area contributed by atoms with Crippen LogP contribution in [0.4, 0.5) is 5.69 Å². The molecule has 1 unspecified atom stereocenters. The van der Waals surface area contributed by atoms with Crippen LogP contribution in [0.5, 0.6) is 5.75 Å². The molecule has 0 saturated carbocycles. The van der Waals surface area contributed by atoms with Crippen LogP contribution in [0, 0.1) is 0 Å². The van der Waals surface area contributed by atoms with Gasteiger partial charge >= 0.3 is 0 Å². The van der Waals surface area contributed by atoms with Gasteiger partial charge in [-0.15, -0.1) is 0 Å². The van der Waals surface area contributed by atoms with Gasteiger partial charge in [-0.1, -0.05) is 0 Å². The highest BCUT2D eigenvalue weighted by atomic mass is 16.5. The number of imide groups is 1. The number of carbonyl (C=O) groups excluding carboxylic acids is 2. The Kier molecular flexibility index (Phi) is 5.67. The molecule has 2 saturated heterocycles. The predicted octanol–water partition coefficient (Wildman–Crippen LogP) is 0.164. The van der Waals surface area contributed by atoms with Crippen LogP contribution >= 0.6 is 0 Å². The van der Waals surface area contributed by atoms with Gasteiger partial charge < -0.3 is 15.0 Å². The second kappa shape index (κ2) is 7.95. The van der Waals surface area contributed by atoms with Crippen molar-refractivity contribution in [2.45, 2.75) is 12.5 Å². The zero-order chi connectivity index (χ0) is 17.8. The Labute approximate surface area is 148 Å². The number of likely N-dealkylation sites (N-methyl/N-ethyl adjacent to an activating group) is 1. The molecule has 7 nitrogen and oxygen atoms in total. The fraction of sp³-hybridized carbons (Fsp3) is 0.556. The molecule has 1 N–H and O–H groups in total. The van der Waals surface area contributed by atoms with E-state index in [0.29, 0.717) is 18.0 Å². The van der Waals surface area contributed by atoms with Crippen LogP contribution in [0.25, 0.3) is 0 Å². The molecular weight excluding hydrogens is 320 g/mol. The van der Waals surface area contributed by atoms with Crippen LogP contribution in [0.3, 0.4) is 0 Å². The molecule has 136 valence electrons. The molecule has 0 radical (unpaired) electrons. The molecule has 2 aliphatic heterocycles. The Hall–Kier alpha value is -1.96. The molecule has 0 aromatic heterocycles. The molecular formula is C18H26N4O3. The number of hydrogen-bond acceptors (Lipinski definition) is 6. The summed E-state index contributed by atoms with van der Waals surface area (Å²) in [6.45, 7) is 5.86. The molecule has 0 aliphatic carbocycles. The number of rotatable bonds is 6.